The van der Waals surface area contributed by atoms with Crippen molar-refractivity contribution in [3.63, 3.8) is 0 Å². The number of hydrogen-bond donors (Lipinski definition) is 0. The molecule has 0 N–H and O–H groups in total. The molecule has 12 heteroatoms. The molecule has 0 aliphatic rings. The van der Waals surface area contributed by atoms with E-state index in [9.17, 15) is 19.2 Å². The van der Waals surface area contributed by atoms with Crippen LogP contribution < -0.4 is 0 Å². The third kappa shape index (κ3) is 17.1. The highest BCUT2D eigenvalue weighted by molar-refractivity contribution is 6.37. The summed E-state index contributed by atoms with van der Waals surface area (Å²) in [5, 5.41) is 0.626. The molecule has 0 unspecified atom stereocenters. The van der Waals surface area contributed by atoms with Crippen LogP contribution in [0.3, 0.4) is 0 Å². The third-order valence-corrected chi connectivity index (χ3v) is 5.50. The van der Waals surface area contributed by atoms with Gasteiger partial charge in [0.2, 0.25) is 5.78 Å². The zero-order chi connectivity index (χ0) is 32.6. The average molecular weight is 660 g/mol. The maximum absolute atomic E-state index is 12.3. The summed E-state index contributed by atoms with van der Waals surface area (Å²) >= 11 is 11.7. The number of benzene rings is 2. The Bertz CT molecular complexity index is 1150. The summed E-state index contributed by atoms with van der Waals surface area (Å²) < 4.78 is 29.5. The lowest BCUT2D eigenvalue weighted by molar-refractivity contribution is -0.282. The van der Waals surface area contributed by atoms with Crippen molar-refractivity contribution in [3.8, 4) is 0 Å². The number of rotatable bonds is 15. The summed E-state index contributed by atoms with van der Waals surface area (Å²) in [7, 11) is 1.24. The van der Waals surface area contributed by atoms with Crippen molar-refractivity contribution in [2.45, 2.75) is 54.9 Å². The lowest BCUT2D eigenvalue weighted by Crippen LogP contribution is -2.20. The molecule has 0 aliphatic carbocycles. The first kappa shape index (κ1) is 42.9. The van der Waals surface area contributed by atoms with Crippen LogP contribution in [-0.4, -0.2) is 70.1 Å². The highest BCUT2D eigenvalue weighted by Crippen LogP contribution is 2.20. The Morgan fingerprint density at radius 2 is 1.20 bits per heavy atom. The van der Waals surface area contributed by atoms with Gasteiger partial charge in [0.25, 0.3) is 6.48 Å². The van der Waals surface area contributed by atoms with Gasteiger partial charge in [-0.1, -0.05) is 54.9 Å². The number of halogens is 2. The second-order valence-electron chi connectivity index (χ2n) is 7.83. The van der Waals surface area contributed by atoms with Gasteiger partial charge in [-0.2, -0.15) is 0 Å². The Kier molecular flexibility index (Phi) is 25.5. The Balaban J connectivity index is 0. The van der Waals surface area contributed by atoms with Gasteiger partial charge in [-0.15, -0.1) is 0 Å². The fourth-order valence-electron chi connectivity index (χ4n) is 2.90. The van der Waals surface area contributed by atoms with Crippen LogP contribution >= 0.6 is 23.2 Å². The van der Waals surface area contributed by atoms with E-state index in [0.29, 0.717) is 37.0 Å². The quantitative estimate of drug-likeness (QED) is 0.0372. The molecule has 0 aliphatic heterocycles. The average Bonchev–Trinajstić information content (AvgIpc) is 2.99. The van der Waals surface area contributed by atoms with Gasteiger partial charge in [0.1, 0.15) is 18.3 Å². The van der Waals surface area contributed by atoms with Gasteiger partial charge in [-0.05, 0) is 58.9 Å². The first-order valence-electron chi connectivity index (χ1n) is 13.6. The molecule has 0 atom stereocenters. The van der Waals surface area contributed by atoms with Crippen molar-refractivity contribution < 1.29 is 47.6 Å². The third-order valence-electron chi connectivity index (χ3n) is 4.84. The molecular formula is C32H44Cl2O10. The maximum atomic E-state index is 12.3. The van der Waals surface area contributed by atoms with Crippen LogP contribution in [0, 0.1) is 0 Å². The van der Waals surface area contributed by atoms with E-state index in [0.717, 1.165) is 6.26 Å². The zero-order valence-corrected chi connectivity index (χ0v) is 26.9. The van der Waals surface area contributed by atoms with E-state index in [1.165, 1.54) is 7.11 Å². The van der Waals surface area contributed by atoms with Gasteiger partial charge in [-0.3, -0.25) is 14.4 Å². The summed E-state index contributed by atoms with van der Waals surface area (Å²) in [5.74, 6) is -2.13. The number of carbonyl (C=O) groups is 4. The molecule has 44 heavy (non-hydrogen) atoms. The minimum absolute atomic E-state index is 0. The van der Waals surface area contributed by atoms with Crippen LogP contribution in [-0.2, 0) is 38.0 Å². The molecule has 2 aromatic carbocycles. The standard InChI is InChI=1S/C14H15ClO4.C10H9ClO3.C7H16O3.CH4/c1-3-18-9-11(14(17)19-4-2)13(16)10-7-5-6-8-12(10)15;1-14-10(13)6-9(12)7-4-2-3-5-8(7)11;1-4-8-7(9-5-2)10-6-3;/h5-9H,3-4H2,1-2H3;2-5H,6H2,1H3;7H,4-6H2,1-3H3;1H4/b11-9-;;;. The molecule has 0 saturated heterocycles. The molecule has 2 rings (SSSR count). The first-order chi connectivity index (χ1) is 20.6. The number of Topliss-reactive ketones (excluding diaryl/α,β-unsaturated/α-hetero) is 2. The normalized spacial score (nSPS) is 10.2. The molecule has 0 amide bonds. The molecule has 0 heterocycles. The maximum Gasteiger partial charge on any atom is 0.345 e. The van der Waals surface area contributed by atoms with Crippen molar-refractivity contribution in [3.05, 3.63) is 81.5 Å². The van der Waals surface area contributed by atoms with Crippen molar-refractivity contribution in [2.75, 3.05) is 40.1 Å². The monoisotopic (exact) mass is 658 g/mol. The lowest BCUT2D eigenvalue weighted by atomic mass is 10.0. The molecule has 0 fully saturated rings. The molecule has 2 aromatic rings. The fraction of sp³-hybridized carbons (Fsp3) is 0.438. The van der Waals surface area contributed by atoms with E-state index >= 15 is 0 Å². The van der Waals surface area contributed by atoms with E-state index in [1.807, 2.05) is 20.8 Å². The van der Waals surface area contributed by atoms with Crippen molar-refractivity contribution in [1.29, 1.82) is 0 Å². The predicted molar refractivity (Wildman–Crippen MR) is 170 cm³/mol. The molecule has 0 radical (unpaired) electrons. The van der Waals surface area contributed by atoms with Crippen LogP contribution in [0.15, 0.2) is 60.4 Å². The second kappa shape index (κ2) is 26.2. The van der Waals surface area contributed by atoms with Crippen LogP contribution in [0.5, 0.6) is 0 Å². The number of esters is 2. The number of hydrogen-bond acceptors (Lipinski definition) is 10. The molecule has 0 aromatic heterocycles. The molecule has 246 valence electrons. The van der Waals surface area contributed by atoms with Gasteiger partial charge >= 0.3 is 11.9 Å². The Hall–Kier alpha value is -3.28. The van der Waals surface area contributed by atoms with E-state index in [1.54, 1.807) is 62.4 Å². The number of methoxy groups -OCH3 is 1. The van der Waals surface area contributed by atoms with Crippen LogP contribution in [0.4, 0.5) is 0 Å². The van der Waals surface area contributed by atoms with Gasteiger partial charge < -0.3 is 28.4 Å². The summed E-state index contributed by atoms with van der Waals surface area (Å²) in [5.41, 5.74) is 0.416. The van der Waals surface area contributed by atoms with E-state index in [-0.39, 0.29) is 42.4 Å². The van der Waals surface area contributed by atoms with E-state index in [4.69, 9.17) is 46.9 Å². The number of ketones is 2. The van der Waals surface area contributed by atoms with Crippen LogP contribution in [0.25, 0.3) is 0 Å². The van der Waals surface area contributed by atoms with Gasteiger partial charge in [0.05, 0.1) is 30.4 Å². The van der Waals surface area contributed by atoms with Crippen molar-refractivity contribution in [1.82, 2.24) is 0 Å². The first-order valence-corrected chi connectivity index (χ1v) is 14.3. The molecular weight excluding hydrogens is 615 g/mol. The van der Waals surface area contributed by atoms with Crippen molar-refractivity contribution >= 4 is 46.7 Å². The molecule has 0 bridgehead atoms. The largest absolute Gasteiger partial charge is 0.500 e. The van der Waals surface area contributed by atoms with E-state index < -0.39 is 24.2 Å². The minimum atomic E-state index is -0.721. The predicted octanol–water partition coefficient (Wildman–Crippen LogP) is 7.11. The highest BCUT2D eigenvalue weighted by Gasteiger charge is 2.23. The van der Waals surface area contributed by atoms with E-state index in [2.05, 4.69) is 4.74 Å². The Morgan fingerprint density at radius 3 is 1.61 bits per heavy atom. The number of ether oxygens (including phenoxy) is 6. The Morgan fingerprint density at radius 1 is 0.727 bits per heavy atom. The van der Waals surface area contributed by atoms with Gasteiger partial charge in [0, 0.05) is 30.9 Å². The highest BCUT2D eigenvalue weighted by atomic mass is 35.5. The fourth-order valence-corrected chi connectivity index (χ4v) is 3.36. The topological polar surface area (TPSA) is 124 Å². The second-order valence-corrected chi connectivity index (χ2v) is 8.64. The van der Waals surface area contributed by atoms with Gasteiger partial charge in [-0.25, -0.2) is 4.79 Å². The summed E-state index contributed by atoms with van der Waals surface area (Å²) in [6.07, 6.45) is 0.837. The van der Waals surface area contributed by atoms with Crippen LogP contribution in [0.2, 0.25) is 10.0 Å². The minimum Gasteiger partial charge on any atom is -0.500 e. The SMILES string of the molecule is C.CCO/C=C(\C(=O)OCC)C(=O)c1ccccc1Cl.CCOC(OCC)OCC.COC(=O)CC(=O)c1ccccc1Cl. The lowest BCUT2D eigenvalue weighted by Gasteiger charge is -2.15. The summed E-state index contributed by atoms with van der Waals surface area (Å²) in [6.45, 7) is 11.0. The molecule has 10 nitrogen and oxygen atoms in total. The summed E-state index contributed by atoms with van der Waals surface area (Å²) in [4.78, 5) is 46.3. The molecule has 0 spiro atoms. The Labute approximate surface area is 270 Å². The van der Waals surface area contributed by atoms with Gasteiger partial charge in [0.15, 0.2) is 5.78 Å². The summed E-state index contributed by atoms with van der Waals surface area (Å²) in [6, 6.07) is 13.1. The van der Waals surface area contributed by atoms with Crippen LogP contribution in [0.1, 0.15) is 69.2 Å². The molecule has 0 saturated carbocycles. The zero-order valence-electron chi connectivity index (χ0n) is 25.4. The number of carbonyl (C=O) groups excluding carboxylic acids is 4. The smallest absolute Gasteiger partial charge is 0.345 e. The van der Waals surface area contributed by atoms with Crippen molar-refractivity contribution in [2.24, 2.45) is 0 Å².